The molecule has 0 radical (unpaired) electrons. The number of hydrogen-bond acceptors (Lipinski definition) is 3. The molecule has 1 saturated heterocycles. The Hall–Kier alpha value is -0.650. The molecule has 2 rings (SSSR count). The fourth-order valence-corrected chi connectivity index (χ4v) is 2.55. The monoisotopic (exact) mass is 316 g/mol. The first kappa shape index (κ1) is 13.8. The number of nitrogens with zero attached hydrogens (tertiary/aromatic N) is 1. The number of aliphatic hydroxyl groups excluding tert-OH is 1. The van der Waals surface area contributed by atoms with E-state index >= 15 is 0 Å². The third kappa shape index (κ3) is 3.93. The smallest absolute Gasteiger partial charge is 0.137 e. The number of likely N-dealkylation sites (tertiary alicyclic amines) is 1. The average molecular weight is 317 g/mol. The van der Waals surface area contributed by atoms with Crippen molar-refractivity contribution in [1.82, 2.24) is 4.90 Å². The molecule has 1 aliphatic heterocycles. The SMILES string of the molecule is OC(CNc1ccc(F)c(Br)c1)CN1CCCC1. The van der Waals surface area contributed by atoms with Crippen LogP contribution in [-0.4, -0.2) is 42.3 Å². The zero-order chi connectivity index (χ0) is 13.0. The highest BCUT2D eigenvalue weighted by Gasteiger charge is 2.15. The topological polar surface area (TPSA) is 35.5 Å². The van der Waals surface area contributed by atoms with E-state index in [4.69, 9.17) is 0 Å². The van der Waals surface area contributed by atoms with Crippen LogP contribution in [0.4, 0.5) is 10.1 Å². The molecule has 5 heteroatoms. The average Bonchev–Trinajstić information content (AvgIpc) is 2.83. The summed E-state index contributed by atoms with van der Waals surface area (Å²) in [5.74, 6) is -0.279. The molecule has 0 aliphatic carbocycles. The van der Waals surface area contributed by atoms with Gasteiger partial charge in [0.25, 0.3) is 0 Å². The number of β-amino-alcohol motifs (C(OH)–C–C–N with tert-alkyl or cyclic N) is 1. The van der Waals surface area contributed by atoms with E-state index in [2.05, 4.69) is 26.1 Å². The van der Waals surface area contributed by atoms with Crippen LogP contribution in [0.25, 0.3) is 0 Å². The summed E-state index contributed by atoms with van der Waals surface area (Å²) in [6.07, 6.45) is 2.06. The Balaban J connectivity index is 1.77. The quantitative estimate of drug-likeness (QED) is 0.876. The number of hydrogen-bond donors (Lipinski definition) is 2. The van der Waals surface area contributed by atoms with Crippen molar-refractivity contribution in [3.8, 4) is 0 Å². The van der Waals surface area contributed by atoms with Crippen molar-refractivity contribution in [2.24, 2.45) is 0 Å². The summed E-state index contributed by atoms with van der Waals surface area (Å²) in [6, 6.07) is 4.75. The van der Waals surface area contributed by atoms with Gasteiger partial charge in [-0.3, -0.25) is 0 Å². The van der Waals surface area contributed by atoms with E-state index in [1.165, 1.54) is 18.9 Å². The van der Waals surface area contributed by atoms with Crippen molar-refractivity contribution in [3.05, 3.63) is 28.5 Å². The third-order valence-corrected chi connectivity index (χ3v) is 3.74. The number of benzene rings is 1. The molecule has 100 valence electrons. The molecule has 0 aromatic heterocycles. The number of nitrogens with one attached hydrogen (secondary N) is 1. The first-order chi connectivity index (χ1) is 8.65. The molecule has 18 heavy (non-hydrogen) atoms. The third-order valence-electron chi connectivity index (χ3n) is 3.13. The molecule has 1 aromatic carbocycles. The van der Waals surface area contributed by atoms with Crippen molar-refractivity contribution in [1.29, 1.82) is 0 Å². The minimum Gasteiger partial charge on any atom is -0.390 e. The van der Waals surface area contributed by atoms with Crippen LogP contribution in [0.1, 0.15) is 12.8 Å². The summed E-state index contributed by atoms with van der Waals surface area (Å²) < 4.78 is 13.5. The first-order valence-electron chi connectivity index (χ1n) is 6.24. The highest BCUT2D eigenvalue weighted by Crippen LogP contribution is 2.20. The number of halogens is 2. The van der Waals surface area contributed by atoms with Gasteiger partial charge in [-0.1, -0.05) is 0 Å². The molecule has 0 bridgehead atoms. The van der Waals surface area contributed by atoms with Gasteiger partial charge in [0, 0.05) is 18.8 Å². The van der Waals surface area contributed by atoms with Crippen LogP contribution >= 0.6 is 15.9 Å². The van der Waals surface area contributed by atoms with E-state index in [1.807, 2.05) is 0 Å². The van der Waals surface area contributed by atoms with E-state index in [1.54, 1.807) is 12.1 Å². The van der Waals surface area contributed by atoms with Crippen LogP contribution < -0.4 is 5.32 Å². The molecule has 1 unspecified atom stereocenters. The molecule has 1 aromatic rings. The Kier molecular flexibility index (Phi) is 4.97. The molecule has 1 aliphatic rings. The van der Waals surface area contributed by atoms with Gasteiger partial charge in [-0.15, -0.1) is 0 Å². The van der Waals surface area contributed by atoms with Gasteiger partial charge < -0.3 is 15.3 Å². The van der Waals surface area contributed by atoms with Gasteiger partial charge in [0.2, 0.25) is 0 Å². The second-order valence-corrected chi connectivity index (χ2v) is 5.53. The van der Waals surface area contributed by atoms with Crippen molar-refractivity contribution in [3.63, 3.8) is 0 Å². The number of rotatable bonds is 5. The molecule has 3 nitrogen and oxygen atoms in total. The van der Waals surface area contributed by atoms with Crippen LogP contribution in [0.3, 0.4) is 0 Å². The molecule has 0 spiro atoms. The minimum absolute atomic E-state index is 0.279. The maximum absolute atomic E-state index is 13.0. The van der Waals surface area contributed by atoms with Gasteiger partial charge >= 0.3 is 0 Å². The molecule has 2 N–H and O–H groups in total. The largest absolute Gasteiger partial charge is 0.390 e. The number of aliphatic hydroxyl groups is 1. The maximum Gasteiger partial charge on any atom is 0.137 e. The number of anilines is 1. The second-order valence-electron chi connectivity index (χ2n) is 4.67. The zero-order valence-corrected chi connectivity index (χ0v) is 11.8. The Morgan fingerprint density at radius 3 is 2.78 bits per heavy atom. The van der Waals surface area contributed by atoms with Gasteiger partial charge in [0.15, 0.2) is 0 Å². The maximum atomic E-state index is 13.0. The fraction of sp³-hybridized carbons (Fsp3) is 0.538. The van der Waals surface area contributed by atoms with E-state index in [0.29, 0.717) is 17.6 Å². The minimum atomic E-state index is -0.396. The summed E-state index contributed by atoms with van der Waals surface area (Å²) in [5.41, 5.74) is 0.809. The second kappa shape index (κ2) is 6.50. The summed E-state index contributed by atoms with van der Waals surface area (Å²) in [6.45, 7) is 3.35. The molecule has 0 saturated carbocycles. The van der Waals surface area contributed by atoms with Gasteiger partial charge in [0.1, 0.15) is 5.82 Å². The normalized spacial score (nSPS) is 17.9. The van der Waals surface area contributed by atoms with E-state index in [9.17, 15) is 9.50 Å². The predicted octanol–water partition coefficient (Wildman–Crippen LogP) is 2.46. The standard InChI is InChI=1S/C13H18BrFN2O/c14-12-7-10(3-4-13(12)15)16-8-11(18)9-17-5-1-2-6-17/h3-4,7,11,16,18H,1-2,5-6,8-9H2. The fourth-order valence-electron chi connectivity index (χ4n) is 2.17. The lowest BCUT2D eigenvalue weighted by Gasteiger charge is -2.20. The van der Waals surface area contributed by atoms with Crippen LogP contribution in [0.2, 0.25) is 0 Å². The Labute approximate surface area is 115 Å². The summed E-state index contributed by atoms with van der Waals surface area (Å²) in [5, 5.41) is 13.0. The molecule has 1 atom stereocenters. The van der Waals surface area contributed by atoms with Crippen LogP contribution in [0.5, 0.6) is 0 Å². The van der Waals surface area contributed by atoms with Gasteiger partial charge in [-0.25, -0.2) is 4.39 Å². The molecular formula is C13H18BrFN2O. The summed E-state index contributed by atoms with van der Waals surface area (Å²) in [7, 11) is 0. The highest BCUT2D eigenvalue weighted by molar-refractivity contribution is 9.10. The predicted molar refractivity (Wildman–Crippen MR) is 74.3 cm³/mol. The van der Waals surface area contributed by atoms with Crippen LogP contribution in [0, 0.1) is 5.82 Å². The van der Waals surface area contributed by atoms with Crippen molar-refractivity contribution in [2.75, 3.05) is 31.5 Å². The van der Waals surface area contributed by atoms with Gasteiger partial charge in [-0.05, 0) is 60.1 Å². The molecule has 1 fully saturated rings. The summed E-state index contributed by atoms with van der Waals surface area (Å²) >= 11 is 3.14. The highest BCUT2D eigenvalue weighted by atomic mass is 79.9. The first-order valence-corrected chi connectivity index (χ1v) is 7.04. The Bertz CT molecular complexity index is 397. The van der Waals surface area contributed by atoms with Crippen LogP contribution in [-0.2, 0) is 0 Å². The lowest BCUT2D eigenvalue weighted by atomic mass is 10.3. The summed E-state index contributed by atoms with van der Waals surface area (Å²) in [4.78, 5) is 2.27. The molecule has 1 heterocycles. The lowest BCUT2D eigenvalue weighted by Crippen LogP contribution is -2.34. The Morgan fingerprint density at radius 2 is 2.11 bits per heavy atom. The van der Waals surface area contributed by atoms with Crippen molar-refractivity contribution >= 4 is 21.6 Å². The van der Waals surface area contributed by atoms with E-state index in [0.717, 1.165) is 18.8 Å². The molecule has 0 amide bonds. The van der Waals surface area contributed by atoms with Crippen molar-refractivity contribution < 1.29 is 9.50 Å². The van der Waals surface area contributed by atoms with Gasteiger partial charge in [-0.2, -0.15) is 0 Å². The Morgan fingerprint density at radius 1 is 1.39 bits per heavy atom. The van der Waals surface area contributed by atoms with Crippen molar-refractivity contribution in [2.45, 2.75) is 18.9 Å². The van der Waals surface area contributed by atoms with Crippen LogP contribution in [0.15, 0.2) is 22.7 Å². The zero-order valence-electron chi connectivity index (χ0n) is 10.2. The van der Waals surface area contributed by atoms with E-state index < -0.39 is 6.10 Å². The van der Waals surface area contributed by atoms with E-state index in [-0.39, 0.29) is 5.82 Å². The lowest BCUT2D eigenvalue weighted by molar-refractivity contribution is 0.135. The molecular weight excluding hydrogens is 299 g/mol. The van der Waals surface area contributed by atoms with Gasteiger partial charge in [0.05, 0.1) is 10.6 Å².